The van der Waals surface area contributed by atoms with Crippen LogP contribution in [-0.2, 0) is 14.1 Å². The van der Waals surface area contributed by atoms with E-state index in [2.05, 4.69) is 15.5 Å². The molecule has 1 N–H and O–H groups in total. The Balaban J connectivity index is 1.48. The lowest BCUT2D eigenvalue weighted by Gasteiger charge is -2.21. The largest absolute Gasteiger partial charge is 0.408 e. The summed E-state index contributed by atoms with van der Waals surface area (Å²) in [4.78, 5) is 26.0. The van der Waals surface area contributed by atoms with E-state index in [0.29, 0.717) is 30.2 Å². The molecule has 0 unspecified atom stereocenters. The monoisotopic (exact) mass is 332 g/mol. The summed E-state index contributed by atoms with van der Waals surface area (Å²) in [7, 11) is 3.16. The molecule has 2 aromatic heterocycles. The van der Waals surface area contributed by atoms with E-state index in [1.54, 1.807) is 7.05 Å². The summed E-state index contributed by atoms with van der Waals surface area (Å²) in [5.41, 5.74) is -0.615. The first-order valence-corrected chi connectivity index (χ1v) is 8.15. The number of rotatable bonds is 4. The third-order valence-corrected chi connectivity index (χ3v) is 4.71. The van der Waals surface area contributed by atoms with Gasteiger partial charge < -0.3 is 14.6 Å². The Bertz CT molecular complexity index is 878. The molecule has 3 heterocycles. The molecule has 0 radical (unpaired) electrons. The summed E-state index contributed by atoms with van der Waals surface area (Å²) >= 11 is 0. The maximum Gasteiger partial charge on any atom is 0.332 e. The molecule has 24 heavy (non-hydrogen) atoms. The normalized spacial score (nSPS) is 20.6. The average Bonchev–Trinajstić information content (AvgIpc) is 3.15. The van der Waals surface area contributed by atoms with Crippen molar-refractivity contribution in [2.45, 2.75) is 31.2 Å². The standard InChI is InChI=1S/C15H20N6O3/c1-19-11(7-12(22)20(2)15(19)23)21-6-5-10(8-21)16-14-18-17-13(24-14)9-3-4-9/h7,9-10H,3-6,8H2,1-2H3,(H,16,18)/t10-/m1/s1. The molecule has 4 rings (SSSR count). The van der Waals surface area contributed by atoms with Gasteiger partial charge in [-0.15, -0.1) is 5.10 Å². The molecule has 2 aliphatic rings. The molecule has 9 heteroatoms. The van der Waals surface area contributed by atoms with E-state index in [0.717, 1.165) is 30.4 Å². The molecule has 2 aromatic rings. The van der Waals surface area contributed by atoms with Crippen LogP contribution in [0.1, 0.15) is 31.1 Å². The summed E-state index contributed by atoms with van der Waals surface area (Å²) in [6.07, 6.45) is 3.11. The topological polar surface area (TPSA) is 98.2 Å². The van der Waals surface area contributed by atoms with Crippen molar-refractivity contribution in [3.8, 4) is 0 Å². The van der Waals surface area contributed by atoms with E-state index in [1.165, 1.54) is 17.7 Å². The smallest absolute Gasteiger partial charge is 0.332 e. The second-order valence-electron chi connectivity index (χ2n) is 6.54. The first kappa shape index (κ1) is 15.0. The fourth-order valence-electron chi connectivity index (χ4n) is 3.07. The molecule has 128 valence electrons. The zero-order chi connectivity index (χ0) is 16.8. The first-order chi connectivity index (χ1) is 11.5. The number of nitrogens with zero attached hydrogens (tertiary/aromatic N) is 5. The molecular formula is C15H20N6O3. The number of hydrogen-bond acceptors (Lipinski definition) is 7. The third kappa shape index (κ3) is 2.59. The Morgan fingerprint density at radius 1 is 1.17 bits per heavy atom. The molecule has 1 aliphatic heterocycles. The van der Waals surface area contributed by atoms with Gasteiger partial charge in [0.15, 0.2) is 0 Å². The van der Waals surface area contributed by atoms with Gasteiger partial charge in [-0.1, -0.05) is 5.10 Å². The highest BCUT2D eigenvalue weighted by Crippen LogP contribution is 2.39. The Hall–Kier alpha value is -2.58. The van der Waals surface area contributed by atoms with E-state index in [9.17, 15) is 9.59 Å². The SMILES string of the molecule is Cn1c(N2CC[C@@H](Nc3nnc(C4CC4)o3)C2)cc(=O)n(C)c1=O. The molecule has 1 aliphatic carbocycles. The van der Waals surface area contributed by atoms with Crippen LogP contribution in [0.2, 0.25) is 0 Å². The Morgan fingerprint density at radius 3 is 2.71 bits per heavy atom. The van der Waals surface area contributed by atoms with Crippen molar-refractivity contribution in [3.05, 3.63) is 32.8 Å². The van der Waals surface area contributed by atoms with Gasteiger partial charge in [0, 0.05) is 45.2 Å². The zero-order valence-electron chi connectivity index (χ0n) is 13.7. The van der Waals surface area contributed by atoms with Gasteiger partial charge in [-0.3, -0.25) is 13.9 Å². The van der Waals surface area contributed by atoms with Gasteiger partial charge in [-0.25, -0.2) is 4.79 Å². The molecule has 1 saturated carbocycles. The minimum atomic E-state index is -0.320. The van der Waals surface area contributed by atoms with Crippen LogP contribution in [0.5, 0.6) is 0 Å². The molecule has 2 fully saturated rings. The zero-order valence-corrected chi connectivity index (χ0v) is 13.7. The van der Waals surface area contributed by atoms with E-state index >= 15 is 0 Å². The number of hydrogen-bond donors (Lipinski definition) is 1. The summed E-state index contributed by atoms with van der Waals surface area (Å²) < 4.78 is 8.23. The molecule has 1 saturated heterocycles. The summed E-state index contributed by atoms with van der Waals surface area (Å²) in [6.45, 7) is 1.42. The van der Waals surface area contributed by atoms with Crippen molar-refractivity contribution >= 4 is 11.8 Å². The van der Waals surface area contributed by atoms with Gasteiger partial charge in [0.25, 0.3) is 5.56 Å². The van der Waals surface area contributed by atoms with Crippen molar-refractivity contribution in [2.75, 3.05) is 23.3 Å². The Kier molecular flexibility index (Phi) is 3.43. The minimum absolute atomic E-state index is 0.136. The van der Waals surface area contributed by atoms with Gasteiger partial charge >= 0.3 is 11.7 Å². The second kappa shape index (κ2) is 5.50. The number of nitrogens with one attached hydrogen (secondary N) is 1. The highest BCUT2D eigenvalue weighted by atomic mass is 16.4. The lowest BCUT2D eigenvalue weighted by Crippen LogP contribution is -2.40. The van der Waals surface area contributed by atoms with Crippen molar-refractivity contribution in [2.24, 2.45) is 14.1 Å². The molecule has 0 spiro atoms. The predicted octanol–water partition coefficient (Wildman–Crippen LogP) is 0.0352. The van der Waals surface area contributed by atoms with E-state index in [-0.39, 0.29) is 17.3 Å². The lowest BCUT2D eigenvalue weighted by atomic mass is 10.3. The average molecular weight is 332 g/mol. The highest BCUT2D eigenvalue weighted by molar-refractivity contribution is 5.41. The third-order valence-electron chi connectivity index (χ3n) is 4.71. The fourth-order valence-corrected chi connectivity index (χ4v) is 3.07. The second-order valence-corrected chi connectivity index (χ2v) is 6.54. The van der Waals surface area contributed by atoms with Crippen molar-refractivity contribution < 1.29 is 4.42 Å². The highest BCUT2D eigenvalue weighted by Gasteiger charge is 2.30. The van der Waals surface area contributed by atoms with Crippen LogP contribution in [0.15, 0.2) is 20.1 Å². The van der Waals surface area contributed by atoms with E-state index in [1.807, 2.05) is 4.90 Å². The molecular weight excluding hydrogens is 312 g/mol. The quantitative estimate of drug-likeness (QED) is 0.844. The Labute approximate surface area is 137 Å². The van der Waals surface area contributed by atoms with Crippen LogP contribution >= 0.6 is 0 Å². The number of aromatic nitrogens is 4. The first-order valence-electron chi connectivity index (χ1n) is 8.15. The fraction of sp³-hybridized carbons (Fsp3) is 0.600. The van der Waals surface area contributed by atoms with Crippen molar-refractivity contribution in [1.29, 1.82) is 0 Å². The van der Waals surface area contributed by atoms with E-state index < -0.39 is 0 Å². The van der Waals surface area contributed by atoms with Crippen LogP contribution in [0.3, 0.4) is 0 Å². The van der Waals surface area contributed by atoms with Gasteiger partial charge in [-0.05, 0) is 19.3 Å². The van der Waals surface area contributed by atoms with Crippen LogP contribution < -0.4 is 21.5 Å². The van der Waals surface area contributed by atoms with Gasteiger partial charge in [0.1, 0.15) is 5.82 Å². The number of anilines is 2. The Morgan fingerprint density at radius 2 is 1.96 bits per heavy atom. The lowest BCUT2D eigenvalue weighted by molar-refractivity contribution is 0.502. The summed E-state index contributed by atoms with van der Waals surface area (Å²) in [5.74, 6) is 1.78. The van der Waals surface area contributed by atoms with Crippen LogP contribution in [0.25, 0.3) is 0 Å². The van der Waals surface area contributed by atoms with Gasteiger partial charge in [0.05, 0.1) is 0 Å². The summed E-state index contributed by atoms with van der Waals surface area (Å²) in [6, 6.07) is 2.08. The van der Waals surface area contributed by atoms with Crippen molar-refractivity contribution in [3.63, 3.8) is 0 Å². The molecule has 0 bridgehead atoms. The molecule has 1 atom stereocenters. The van der Waals surface area contributed by atoms with Crippen LogP contribution in [0.4, 0.5) is 11.8 Å². The maximum atomic E-state index is 12.1. The predicted molar refractivity (Wildman–Crippen MR) is 87.4 cm³/mol. The maximum absolute atomic E-state index is 12.1. The molecule has 9 nitrogen and oxygen atoms in total. The van der Waals surface area contributed by atoms with E-state index in [4.69, 9.17) is 4.42 Å². The van der Waals surface area contributed by atoms with Crippen LogP contribution in [-0.4, -0.2) is 38.5 Å². The molecule has 0 amide bonds. The minimum Gasteiger partial charge on any atom is -0.408 e. The van der Waals surface area contributed by atoms with Gasteiger partial charge in [0.2, 0.25) is 5.89 Å². The summed E-state index contributed by atoms with van der Waals surface area (Å²) in [5, 5.41) is 11.4. The molecule has 0 aromatic carbocycles. The van der Waals surface area contributed by atoms with Crippen molar-refractivity contribution in [1.82, 2.24) is 19.3 Å². The van der Waals surface area contributed by atoms with Crippen LogP contribution in [0, 0.1) is 0 Å². The van der Waals surface area contributed by atoms with Gasteiger partial charge in [-0.2, -0.15) is 0 Å².